The highest BCUT2D eigenvalue weighted by Crippen LogP contribution is 2.32. The Bertz CT molecular complexity index is 868. The minimum absolute atomic E-state index is 0.253. The number of carbonyl (C=O) groups is 2. The molecular formula is C21H22F4N2O4. The fourth-order valence-electron chi connectivity index (χ4n) is 3.13. The van der Waals surface area contributed by atoms with Gasteiger partial charge < -0.3 is 10.2 Å². The Hall–Kier alpha value is -2.98. The van der Waals surface area contributed by atoms with Gasteiger partial charge in [-0.2, -0.15) is 13.2 Å². The monoisotopic (exact) mass is 442 g/mol. The van der Waals surface area contributed by atoms with E-state index in [0.29, 0.717) is 25.2 Å². The maximum atomic E-state index is 13.1. The quantitative estimate of drug-likeness (QED) is 0.559. The highest BCUT2D eigenvalue weighted by atomic mass is 19.4. The van der Waals surface area contributed by atoms with Crippen LogP contribution in [-0.2, 0) is 28.9 Å². The Kier molecular flexibility index (Phi) is 8.52. The van der Waals surface area contributed by atoms with Crippen molar-refractivity contribution in [3.05, 3.63) is 71.0 Å². The average Bonchev–Trinajstić information content (AvgIpc) is 2.71. The van der Waals surface area contributed by atoms with Crippen molar-refractivity contribution in [3.8, 4) is 0 Å². The van der Waals surface area contributed by atoms with Crippen molar-refractivity contribution in [1.82, 2.24) is 9.80 Å². The lowest BCUT2D eigenvalue weighted by atomic mass is 10.1. The van der Waals surface area contributed by atoms with Crippen molar-refractivity contribution >= 4 is 11.9 Å². The van der Waals surface area contributed by atoms with Crippen LogP contribution in [-0.4, -0.2) is 58.1 Å². The molecule has 2 N–H and O–H groups in total. The maximum Gasteiger partial charge on any atom is 0.416 e. The summed E-state index contributed by atoms with van der Waals surface area (Å²) in [5, 5.41) is 14.8. The zero-order valence-electron chi connectivity index (χ0n) is 16.5. The molecule has 1 saturated heterocycles. The smallest absolute Gasteiger partial charge is 0.416 e. The largest absolute Gasteiger partial charge is 0.473 e. The van der Waals surface area contributed by atoms with E-state index in [-0.39, 0.29) is 5.82 Å². The van der Waals surface area contributed by atoms with E-state index in [2.05, 4.69) is 4.90 Å². The summed E-state index contributed by atoms with van der Waals surface area (Å²) in [6, 6.07) is 12.2. The summed E-state index contributed by atoms with van der Waals surface area (Å²) in [6.45, 7) is 4.03. The van der Waals surface area contributed by atoms with Crippen LogP contribution in [0.2, 0.25) is 0 Å². The second-order valence-corrected chi connectivity index (χ2v) is 6.94. The van der Waals surface area contributed by atoms with Crippen LogP contribution in [0, 0.1) is 5.82 Å². The third kappa shape index (κ3) is 7.99. The van der Waals surface area contributed by atoms with E-state index in [9.17, 15) is 17.6 Å². The number of aliphatic carboxylic acids is 2. The van der Waals surface area contributed by atoms with E-state index in [4.69, 9.17) is 19.8 Å². The second-order valence-electron chi connectivity index (χ2n) is 6.94. The lowest BCUT2D eigenvalue weighted by Crippen LogP contribution is -2.45. The number of rotatable bonds is 4. The summed E-state index contributed by atoms with van der Waals surface area (Å²) < 4.78 is 52.2. The number of halogens is 4. The van der Waals surface area contributed by atoms with E-state index in [1.807, 2.05) is 4.90 Å². The molecular weight excluding hydrogens is 420 g/mol. The van der Waals surface area contributed by atoms with Crippen molar-refractivity contribution in [3.63, 3.8) is 0 Å². The van der Waals surface area contributed by atoms with E-state index in [0.717, 1.165) is 31.3 Å². The van der Waals surface area contributed by atoms with Crippen molar-refractivity contribution in [1.29, 1.82) is 0 Å². The average molecular weight is 442 g/mol. The minimum Gasteiger partial charge on any atom is -0.473 e. The summed E-state index contributed by atoms with van der Waals surface area (Å²) in [6.07, 6.45) is -4.32. The van der Waals surface area contributed by atoms with Gasteiger partial charge in [-0.1, -0.05) is 30.3 Å². The van der Waals surface area contributed by atoms with Gasteiger partial charge >= 0.3 is 18.1 Å². The molecule has 2 aromatic rings. The van der Waals surface area contributed by atoms with Crippen LogP contribution < -0.4 is 0 Å². The predicted molar refractivity (Wildman–Crippen MR) is 104 cm³/mol. The van der Waals surface area contributed by atoms with Gasteiger partial charge in [-0.05, 0) is 29.3 Å². The summed E-state index contributed by atoms with van der Waals surface area (Å²) in [7, 11) is 0. The molecule has 1 fully saturated rings. The lowest BCUT2D eigenvalue weighted by molar-refractivity contribution is -0.159. The molecule has 3 rings (SSSR count). The standard InChI is InChI=1S/C19H20F4N2.C2H2O4/c20-17-7-5-15(6-8-17)13-24-9-11-25(12-10-24)14-16-3-1-2-4-18(16)19(21,22)23;3-1(4)2(5)6/h1-8H,9-14H2;(H,3,4)(H,5,6). The molecule has 0 spiro atoms. The van der Waals surface area contributed by atoms with Crippen LogP contribution in [0.3, 0.4) is 0 Å². The number of carboxylic acid groups (broad SMARTS) is 2. The fourth-order valence-corrected chi connectivity index (χ4v) is 3.13. The third-order valence-corrected chi connectivity index (χ3v) is 4.68. The van der Waals surface area contributed by atoms with E-state index in [1.165, 1.54) is 18.2 Å². The SMILES string of the molecule is Fc1ccc(CN2CCN(Cc3ccccc3C(F)(F)F)CC2)cc1.O=C(O)C(=O)O. The molecule has 10 heteroatoms. The summed E-state index contributed by atoms with van der Waals surface area (Å²) in [4.78, 5) is 22.5. The number of carboxylic acids is 2. The van der Waals surface area contributed by atoms with Crippen LogP contribution in [0.15, 0.2) is 48.5 Å². The van der Waals surface area contributed by atoms with Crippen LogP contribution >= 0.6 is 0 Å². The normalized spacial score (nSPS) is 15.1. The van der Waals surface area contributed by atoms with Gasteiger partial charge in [-0.3, -0.25) is 9.80 Å². The highest BCUT2D eigenvalue weighted by molar-refractivity contribution is 6.27. The number of hydrogen-bond acceptors (Lipinski definition) is 4. The van der Waals surface area contributed by atoms with Gasteiger partial charge in [0.2, 0.25) is 0 Å². The Labute approximate surface area is 176 Å². The number of nitrogens with zero attached hydrogens (tertiary/aromatic N) is 2. The highest BCUT2D eigenvalue weighted by Gasteiger charge is 2.33. The van der Waals surface area contributed by atoms with Gasteiger partial charge in [0.15, 0.2) is 0 Å². The van der Waals surface area contributed by atoms with Gasteiger partial charge in [0.1, 0.15) is 5.82 Å². The Morgan fingerprint density at radius 3 is 1.77 bits per heavy atom. The third-order valence-electron chi connectivity index (χ3n) is 4.68. The molecule has 168 valence electrons. The summed E-state index contributed by atoms with van der Waals surface area (Å²) in [5.74, 6) is -3.90. The number of piperazine rings is 1. The Morgan fingerprint density at radius 2 is 1.29 bits per heavy atom. The van der Waals surface area contributed by atoms with Crippen LogP contribution in [0.4, 0.5) is 17.6 Å². The lowest BCUT2D eigenvalue weighted by Gasteiger charge is -2.35. The first-order valence-electron chi connectivity index (χ1n) is 9.36. The molecule has 0 saturated carbocycles. The molecule has 1 heterocycles. The van der Waals surface area contributed by atoms with Crippen molar-refractivity contribution < 1.29 is 37.4 Å². The van der Waals surface area contributed by atoms with Gasteiger partial charge in [0.05, 0.1) is 5.56 Å². The molecule has 6 nitrogen and oxygen atoms in total. The molecule has 2 aromatic carbocycles. The zero-order valence-corrected chi connectivity index (χ0v) is 16.5. The zero-order chi connectivity index (χ0) is 23.0. The van der Waals surface area contributed by atoms with Gasteiger partial charge in [-0.15, -0.1) is 0 Å². The first-order valence-corrected chi connectivity index (χ1v) is 9.36. The van der Waals surface area contributed by atoms with Crippen molar-refractivity contribution in [2.24, 2.45) is 0 Å². The molecule has 0 aromatic heterocycles. The van der Waals surface area contributed by atoms with Gasteiger partial charge in [0, 0.05) is 39.3 Å². The minimum atomic E-state index is -4.32. The van der Waals surface area contributed by atoms with E-state index < -0.39 is 23.7 Å². The molecule has 0 bridgehead atoms. The topological polar surface area (TPSA) is 81.1 Å². The maximum absolute atomic E-state index is 13.1. The molecule has 0 amide bonds. The fraction of sp³-hybridized carbons (Fsp3) is 0.333. The predicted octanol–water partition coefficient (Wildman–Crippen LogP) is 3.32. The van der Waals surface area contributed by atoms with Crippen LogP contribution in [0.1, 0.15) is 16.7 Å². The molecule has 0 atom stereocenters. The van der Waals surface area contributed by atoms with Crippen LogP contribution in [0.25, 0.3) is 0 Å². The first-order chi connectivity index (χ1) is 14.6. The molecule has 31 heavy (non-hydrogen) atoms. The first kappa shape index (κ1) is 24.3. The number of alkyl halides is 3. The van der Waals surface area contributed by atoms with Crippen LogP contribution in [0.5, 0.6) is 0 Å². The number of hydrogen-bond donors (Lipinski definition) is 2. The van der Waals surface area contributed by atoms with Gasteiger partial charge in [-0.25, -0.2) is 14.0 Å². The van der Waals surface area contributed by atoms with E-state index >= 15 is 0 Å². The molecule has 0 radical (unpaired) electrons. The molecule has 1 aliphatic rings. The molecule has 1 aliphatic heterocycles. The Morgan fingerprint density at radius 1 is 0.806 bits per heavy atom. The second kappa shape index (κ2) is 10.9. The van der Waals surface area contributed by atoms with Crippen molar-refractivity contribution in [2.75, 3.05) is 26.2 Å². The Balaban J connectivity index is 0.000000501. The summed E-state index contributed by atoms with van der Waals surface area (Å²) in [5.41, 5.74) is 0.808. The molecule has 0 unspecified atom stereocenters. The number of benzene rings is 2. The van der Waals surface area contributed by atoms with Crippen molar-refractivity contribution in [2.45, 2.75) is 19.3 Å². The van der Waals surface area contributed by atoms with E-state index in [1.54, 1.807) is 24.3 Å². The molecule has 0 aliphatic carbocycles. The van der Waals surface area contributed by atoms with Gasteiger partial charge in [0.25, 0.3) is 0 Å². The summed E-state index contributed by atoms with van der Waals surface area (Å²) >= 11 is 0.